The summed E-state index contributed by atoms with van der Waals surface area (Å²) in [5.41, 5.74) is 6.24. The van der Waals surface area contributed by atoms with Gasteiger partial charge in [-0.15, -0.1) is 0 Å². The largest absolute Gasteiger partial charge is 0.392 e. The summed E-state index contributed by atoms with van der Waals surface area (Å²) in [5, 5.41) is 9.31. The van der Waals surface area contributed by atoms with Crippen molar-refractivity contribution in [3.8, 4) is 0 Å². The van der Waals surface area contributed by atoms with Gasteiger partial charge in [-0.3, -0.25) is 4.90 Å². The lowest BCUT2D eigenvalue weighted by Crippen LogP contribution is -2.35. The van der Waals surface area contributed by atoms with Gasteiger partial charge in [0.05, 0.1) is 6.10 Å². The van der Waals surface area contributed by atoms with E-state index in [1.165, 1.54) is 6.07 Å². The highest BCUT2D eigenvalue weighted by atomic mass is 19.1. The van der Waals surface area contributed by atoms with Crippen LogP contribution in [0.4, 0.5) is 4.39 Å². The number of hydrogen-bond donors (Lipinski definition) is 2. The number of rotatable bonds is 5. The van der Waals surface area contributed by atoms with Gasteiger partial charge < -0.3 is 10.8 Å². The van der Waals surface area contributed by atoms with Gasteiger partial charge in [0, 0.05) is 24.7 Å². The fourth-order valence-corrected chi connectivity index (χ4v) is 1.83. The molecule has 0 aromatic heterocycles. The van der Waals surface area contributed by atoms with Crippen molar-refractivity contribution in [1.29, 1.82) is 0 Å². The summed E-state index contributed by atoms with van der Waals surface area (Å²) < 4.78 is 13.6. The first-order valence-electron chi connectivity index (χ1n) is 5.39. The van der Waals surface area contributed by atoms with Crippen LogP contribution in [0.5, 0.6) is 0 Å². The summed E-state index contributed by atoms with van der Waals surface area (Å²) in [5.74, 6) is -0.254. The molecule has 2 atom stereocenters. The van der Waals surface area contributed by atoms with Gasteiger partial charge in [-0.25, -0.2) is 4.39 Å². The standard InChI is InChI=1S/C12H19FN2O/c1-9(16)8-15(2)12(7-14)10-5-3-4-6-11(10)13/h3-6,9,12,16H,7-8,14H2,1-2H3. The van der Waals surface area contributed by atoms with Crippen molar-refractivity contribution >= 4 is 0 Å². The third kappa shape index (κ3) is 3.27. The summed E-state index contributed by atoms with van der Waals surface area (Å²) in [4.78, 5) is 1.86. The lowest BCUT2D eigenvalue weighted by molar-refractivity contribution is 0.118. The molecule has 0 bridgehead atoms. The number of halogens is 1. The van der Waals surface area contributed by atoms with Crippen molar-refractivity contribution in [3.05, 3.63) is 35.6 Å². The number of likely N-dealkylation sites (N-methyl/N-ethyl adjacent to an activating group) is 1. The molecule has 90 valence electrons. The Hall–Kier alpha value is -0.970. The fourth-order valence-electron chi connectivity index (χ4n) is 1.83. The molecule has 0 aliphatic carbocycles. The molecule has 1 aromatic carbocycles. The van der Waals surface area contributed by atoms with Crippen molar-refractivity contribution in [3.63, 3.8) is 0 Å². The second-order valence-electron chi connectivity index (χ2n) is 4.06. The Kier molecular flexibility index (Phi) is 4.86. The smallest absolute Gasteiger partial charge is 0.128 e. The second-order valence-corrected chi connectivity index (χ2v) is 4.06. The molecule has 2 unspecified atom stereocenters. The molecule has 0 heterocycles. The maximum atomic E-state index is 13.6. The zero-order valence-electron chi connectivity index (χ0n) is 9.73. The van der Waals surface area contributed by atoms with Crippen molar-refractivity contribution in [2.45, 2.75) is 19.1 Å². The average molecular weight is 226 g/mol. The van der Waals surface area contributed by atoms with Crippen molar-refractivity contribution in [1.82, 2.24) is 4.90 Å². The molecule has 0 radical (unpaired) electrons. The van der Waals surface area contributed by atoms with Gasteiger partial charge in [-0.1, -0.05) is 18.2 Å². The molecule has 0 aliphatic heterocycles. The molecule has 16 heavy (non-hydrogen) atoms. The third-order valence-corrected chi connectivity index (χ3v) is 2.57. The van der Waals surface area contributed by atoms with Crippen LogP contribution in [0.15, 0.2) is 24.3 Å². The van der Waals surface area contributed by atoms with Crippen LogP contribution in [-0.2, 0) is 0 Å². The number of hydrogen-bond acceptors (Lipinski definition) is 3. The van der Waals surface area contributed by atoms with Crippen LogP contribution in [0.25, 0.3) is 0 Å². The van der Waals surface area contributed by atoms with E-state index in [9.17, 15) is 9.50 Å². The fraction of sp³-hybridized carbons (Fsp3) is 0.500. The molecule has 0 aliphatic rings. The zero-order chi connectivity index (χ0) is 12.1. The Balaban J connectivity index is 2.86. The van der Waals surface area contributed by atoms with Gasteiger partial charge in [0.25, 0.3) is 0 Å². The number of benzene rings is 1. The zero-order valence-corrected chi connectivity index (χ0v) is 9.73. The topological polar surface area (TPSA) is 49.5 Å². The molecule has 1 aromatic rings. The molecule has 4 heteroatoms. The molecular weight excluding hydrogens is 207 g/mol. The number of aliphatic hydroxyl groups excluding tert-OH is 1. The van der Waals surface area contributed by atoms with Crippen LogP contribution in [0.1, 0.15) is 18.5 Å². The summed E-state index contributed by atoms with van der Waals surface area (Å²) in [7, 11) is 1.83. The van der Waals surface area contributed by atoms with Crippen LogP contribution in [0.2, 0.25) is 0 Å². The van der Waals surface area contributed by atoms with Crippen molar-refractivity contribution < 1.29 is 9.50 Å². The minimum Gasteiger partial charge on any atom is -0.392 e. The van der Waals surface area contributed by atoms with E-state index in [0.717, 1.165) is 0 Å². The Labute approximate surface area is 95.7 Å². The first kappa shape index (κ1) is 13.1. The first-order valence-corrected chi connectivity index (χ1v) is 5.39. The van der Waals surface area contributed by atoms with E-state index >= 15 is 0 Å². The predicted molar refractivity (Wildman–Crippen MR) is 62.5 cm³/mol. The van der Waals surface area contributed by atoms with E-state index in [-0.39, 0.29) is 11.9 Å². The van der Waals surface area contributed by atoms with Crippen LogP contribution in [0.3, 0.4) is 0 Å². The summed E-state index contributed by atoms with van der Waals surface area (Å²) in [6.07, 6.45) is -0.453. The molecule has 0 fully saturated rings. The highest BCUT2D eigenvalue weighted by molar-refractivity contribution is 5.21. The minimum atomic E-state index is -0.453. The SMILES string of the molecule is CC(O)CN(C)C(CN)c1ccccc1F. The quantitative estimate of drug-likeness (QED) is 0.791. The molecular formula is C12H19FN2O. The van der Waals surface area contributed by atoms with Crippen LogP contribution < -0.4 is 5.73 Å². The Bertz CT molecular complexity index is 331. The Morgan fingerprint density at radius 2 is 2.06 bits per heavy atom. The first-order chi connectivity index (χ1) is 7.56. The lowest BCUT2D eigenvalue weighted by atomic mass is 10.0. The monoisotopic (exact) mass is 226 g/mol. The van der Waals surface area contributed by atoms with Gasteiger partial charge in [-0.05, 0) is 20.0 Å². The third-order valence-electron chi connectivity index (χ3n) is 2.57. The van der Waals surface area contributed by atoms with E-state index < -0.39 is 6.10 Å². The Morgan fingerprint density at radius 3 is 2.56 bits per heavy atom. The highest BCUT2D eigenvalue weighted by Gasteiger charge is 2.19. The highest BCUT2D eigenvalue weighted by Crippen LogP contribution is 2.21. The van der Waals surface area contributed by atoms with E-state index in [1.807, 2.05) is 11.9 Å². The van der Waals surface area contributed by atoms with Crippen molar-refractivity contribution in [2.24, 2.45) is 5.73 Å². The number of nitrogens with two attached hydrogens (primary N) is 1. The number of nitrogens with zero attached hydrogens (tertiary/aromatic N) is 1. The summed E-state index contributed by atoms with van der Waals surface area (Å²) in [6.45, 7) is 2.49. The molecule has 3 N–H and O–H groups in total. The summed E-state index contributed by atoms with van der Waals surface area (Å²) in [6, 6.07) is 6.40. The Morgan fingerprint density at radius 1 is 1.44 bits per heavy atom. The van der Waals surface area contributed by atoms with Crippen LogP contribution >= 0.6 is 0 Å². The van der Waals surface area contributed by atoms with Gasteiger partial charge in [0.2, 0.25) is 0 Å². The van der Waals surface area contributed by atoms with E-state index in [0.29, 0.717) is 18.7 Å². The predicted octanol–water partition coefficient (Wildman–Crippen LogP) is 1.14. The normalized spacial score (nSPS) is 15.1. The van der Waals surface area contributed by atoms with E-state index in [2.05, 4.69) is 0 Å². The molecule has 0 spiro atoms. The molecule has 0 amide bonds. The van der Waals surface area contributed by atoms with Crippen molar-refractivity contribution in [2.75, 3.05) is 20.1 Å². The molecule has 1 rings (SSSR count). The lowest BCUT2D eigenvalue weighted by Gasteiger charge is -2.28. The van der Waals surface area contributed by atoms with Gasteiger partial charge in [0.15, 0.2) is 0 Å². The second kappa shape index (κ2) is 5.94. The van der Waals surface area contributed by atoms with E-state index in [4.69, 9.17) is 5.73 Å². The van der Waals surface area contributed by atoms with E-state index in [1.54, 1.807) is 25.1 Å². The van der Waals surface area contributed by atoms with Gasteiger partial charge >= 0.3 is 0 Å². The summed E-state index contributed by atoms with van der Waals surface area (Å²) >= 11 is 0. The average Bonchev–Trinajstić information content (AvgIpc) is 2.20. The molecule has 0 saturated heterocycles. The maximum absolute atomic E-state index is 13.6. The van der Waals surface area contributed by atoms with Gasteiger partial charge in [-0.2, -0.15) is 0 Å². The van der Waals surface area contributed by atoms with Crippen LogP contribution in [-0.4, -0.2) is 36.2 Å². The minimum absolute atomic E-state index is 0.198. The number of aliphatic hydroxyl groups is 1. The molecule has 3 nitrogen and oxygen atoms in total. The van der Waals surface area contributed by atoms with Gasteiger partial charge in [0.1, 0.15) is 5.82 Å². The maximum Gasteiger partial charge on any atom is 0.128 e. The molecule has 0 saturated carbocycles. The van der Waals surface area contributed by atoms with Crippen LogP contribution in [0, 0.1) is 5.82 Å².